The van der Waals surface area contributed by atoms with Gasteiger partial charge in [-0.3, -0.25) is 0 Å². The number of benzene rings is 1. The molecule has 118 valence electrons. The standard InChI is InChI=1S/C17H26ClNO2/c1-11(2)12-7-5-6-8-14(12)19-15-9-13(18)16(20-3)10-17(15)21-4/h9-12,14,19H,5-8H2,1-4H3. The largest absolute Gasteiger partial charge is 0.495 e. The van der Waals surface area contributed by atoms with Crippen molar-refractivity contribution in [3.05, 3.63) is 17.2 Å². The Labute approximate surface area is 133 Å². The highest BCUT2D eigenvalue weighted by atomic mass is 35.5. The van der Waals surface area contributed by atoms with Crippen LogP contribution in [0.4, 0.5) is 5.69 Å². The van der Waals surface area contributed by atoms with Crippen LogP contribution in [0.1, 0.15) is 39.5 Å². The van der Waals surface area contributed by atoms with E-state index in [-0.39, 0.29) is 0 Å². The van der Waals surface area contributed by atoms with Crippen LogP contribution in [0.3, 0.4) is 0 Å². The number of hydrogen-bond acceptors (Lipinski definition) is 3. The molecule has 4 heteroatoms. The summed E-state index contributed by atoms with van der Waals surface area (Å²) >= 11 is 6.25. The van der Waals surface area contributed by atoms with Crippen molar-refractivity contribution in [2.24, 2.45) is 11.8 Å². The molecule has 2 atom stereocenters. The summed E-state index contributed by atoms with van der Waals surface area (Å²) in [7, 11) is 3.29. The van der Waals surface area contributed by atoms with Gasteiger partial charge >= 0.3 is 0 Å². The lowest BCUT2D eigenvalue weighted by molar-refractivity contribution is 0.253. The molecule has 1 aromatic rings. The second-order valence-electron chi connectivity index (χ2n) is 6.13. The van der Waals surface area contributed by atoms with Gasteiger partial charge in [-0.2, -0.15) is 0 Å². The molecule has 3 nitrogen and oxygen atoms in total. The van der Waals surface area contributed by atoms with E-state index in [1.807, 2.05) is 12.1 Å². The van der Waals surface area contributed by atoms with Crippen LogP contribution in [0.25, 0.3) is 0 Å². The fraction of sp³-hybridized carbons (Fsp3) is 0.647. The summed E-state index contributed by atoms with van der Waals surface area (Å²) in [6.07, 6.45) is 5.12. The van der Waals surface area contributed by atoms with Gasteiger partial charge in [0.1, 0.15) is 11.5 Å². The number of halogens is 1. The topological polar surface area (TPSA) is 30.5 Å². The summed E-state index contributed by atoms with van der Waals surface area (Å²) in [6.45, 7) is 4.62. The summed E-state index contributed by atoms with van der Waals surface area (Å²) in [5.41, 5.74) is 0.959. The Morgan fingerprint density at radius 2 is 1.76 bits per heavy atom. The molecule has 1 aromatic carbocycles. The average Bonchev–Trinajstić information content (AvgIpc) is 2.48. The van der Waals surface area contributed by atoms with Gasteiger partial charge in [0.2, 0.25) is 0 Å². The molecule has 1 aliphatic carbocycles. The molecule has 0 spiro atoms. The highest BCUT2D eigenvalue weighted by molar-refractivity contribution is 6.32. The molecule has 1 N–H and O–H groups in total. The van der Waals surface area contributed by atoms with Crippen molar-refractivity contribution < 1.29 is 9.47 Å². The fourth-order valence-electron chi connectivity index (χ4n) is 3.31. The number of nitrogens with one attached hydrogen (secondary N) is 1. The van der Waals surface area contributed by atoms with Crippen LogP contribution in [-0.2, 0) is 0 Å². The van der Waals surface area contributed by atoms with Crippen molar-refractivity contribution in [3.63, 3.8) is 0 Å². The van der Waals surface area contributed by atoms with Gasteiger partial charge in [0.05, 0.1) is 24.9 Å². The molecule has 0 bridgehead atoms. The Kier molecular flexibility index (Phi) is 5.63. The maximum Gasteiger partial charge on any atom is 0.145 e. The molecule has 0 saturated heterocycles. The van der Waals surface area contributed by atoms with E-state index in [2.05, 4.69) is 19.2 Å². The van der Waals surface area contributed by atoms with Crippen molar-refractivity contribution in [1.82, 2.24) is 0 Å². The van der Waals surface area contributed by atoms with Crippen molar-refractivity contribution >= 4 is 17.3 Å². The number of hydrogen-bond donors (Lipinski definition) is 1. The lowest BCUT2D eigenvalue weighted by Crippen LogP contribution is -2.35. The smallest absolute Gasteiger partial charge is 0.145 e. The van der Waals surface area contributed by atoms with E-state index in [1.165, 1.54) is 25.7 Å². The van der Waals surface area contributed by atoms with Crippen molar-refractivity contribution in [2.75, 3.05) is 19.5 Å². The third-order valence-electron chi connectivity index (χ3n) is 4.49. The van der Waals surface area contributed by atoms with Gasteiger partial charge in [0.25, 0.3) is 0 Å². The van der Waals surface area contributed by atoms with E-state index >= 15 is 0 Å². The minimum atomic E-state index is 0.483. The molecule has 2 unspecified atom stereocenters. The normalized spacial score (nSPS) is 22.2. The Hall–Kier alpha value is -1.09. The number of methoxy groups -OCH3 is 2. The van der Waals surface area contributed by atoms with E-state index in [1.54, 1.807) is 14.2 Å². The zero-order valence-electron chi connectivity index (χ0n) is 13.4. The Bertz CT molecular complexity index is 476. The van der Waals surface area contributed by atoms with E-state index < -0.39 is 0 Å². The minimum Gasteiger partial charge on any atom is -0.495 e. The predicted molar refractivity (Wildman–Crippen MR) is 88.8 cm³/mol. The molecule has 0 heterocycles. The van der Waals surface area contributed by atoms with E-state index in [0.29, 0.717) is 28.6 Å². The zero-order valence-corrected chi connectivity index (χ0v) is 14.2. The zero-order chi connectivity index (χ0) is 15.4. The van der Waals surface area contributed by atoms with Crippen molar-refractivity contribution in [3.8, 4) is 11.5 Å². The molecule has 1 aliphatic rings. The molecule has 0 radical (unpaired) electrons. The monoisotopic (exact) mass is 311 g/mol. The summed E-state index contributed by atoms with van der Waals surface area (Å²) in [6, 6.07) is 4.24. The SMILES string of the molecule is COc1cc(OC)c(NC2CCCCC2C(C)C)cc1Cl. The Morgan fingerprint density at radius 1 is 1.10 bits per heavy atom. The maximum atomic E-state index is 6.25. The first-order valence-corrected chi connectivity index (χ1v) is 8.12. The lowest BCUT2D eigenvalue weighted by Gasteiger charge is -2.36. The second kappa shape index (κ2) is 7.26. The van der Waals surface area contributed by atoms with Gasteiger partial charge in [0.15, 0.2) is 0 Å². The Balaban J connectivity index is 2.23. The molecule has 0 aromatic heterocycles. The van der Waals surface area contributed by atoms with Gasteiger partial charge < -0.3 is 14.8 Å². The lowest BCUT2D eigenvalue weighted by atomic mass is 9.78. The molecular weight excluding hydrogens is 286 g/mol. The second-order valence-corrected chi connectivity index (χ2v) is 6.54. The van der Waals surface area contributed by atoms with Crippen LogP contribution in [0.15, 0.2) is 12.1 Å². The highest BCUT2D eigenvalue weighted by Gasteiger charge is 2.28. The van der Waals surface area contributed by atoms with E-state index in [4.69, 9.17) is 21.1 Å². The molecule has 1 fully saturated rings. The van der Waals surface area contributed by atoms with Gasteiger partial charge in [-0.25, -0.2) is 0 Å². The summed E-state index contributed by atoms with van der Waals surface area (Å²) < 4.78 is 10.7. The summed E-state index contributed by atoms with van der Waals surface area (Å²) in [5.74, 6) is 2.80. The first kappa shape index (κ1) is 16.3. The van der Waals surface area contributed by atoms with Crippen molar-refractivity contribution in [2.45, 2.75) is 45.6 Å². The summed E-state index contributed by atoms with van der Waals surface area (Å²) in [4.78, 5) is 0. The first-order chi connectivity index (χ1) is 10.1. The predicted octanol–water partition coefficient (Wildman–Crippen LogP) is 4.98. The van der Waals surface area contributed by atoms with Gasteiger partial charge in [-0.05, 0) is 30.7 Å². The van der Waals surface area contributed by atoms with Crippen LogP contribution in [0.2, 0.25) is 5.02 Å². The Morgan fingerprint density at radius 3 is 2.38 bits per heavy atom. The van der Waals surface area contributed by atoms with Gasteiger partial charge in [0, 0.05) is 12.1 Å². The highest BCUT2D eigenvalue weighted by Crippen LogP contribution is 2.39. The number of ether oxygens (including phenoxy) is 2. The van der Waals surface area contributed by atoms with Crippen LogP contribution in [0, 0.1) is 11.8 Å². The minimum absolute atomic E-state index is 0.483. The maximum absolute atomic E-state index is 6.25. The molecule has 0 aliphatic heterocycles. The van der Waals surface area contributed by atoms with Crippen LogP contribution in [-0.4, -0.2) is 20.3 Å². The molecule has 0 amide bonds. The number of anilines is 1. The third kappa shape index (κ3) is 3.76. The van der Waals surface area contributed by atoms with Gasteiger partial charge in [-0.15, -0.1) is 0 Å². The first-order valence-electron chi connectivity index (χ1n) is 7.74. The fourth-order valence-corrected chi connectivity index (χ4v) is 3.55. The quantitative estimate of drug-likeness (QED) is 0.831. The number of rotatable bonds is 5. The molecule has 2 rings (SSSR count). The van der Waals surface area contributed by atoms with Gasteiger partial charge in [-0.1, -0.05) is 38.3 Å². The van der Waals surface area contributed by atoms with Crippen LogP contribution in [0.5, 0.6) is 11.5 Å². The van der Waals surface area contributed by atoms with E-state index in [9.17, 15) is 0 Å². The molecule has 21 heavy (non-hydrogen) atoms. The molecule has 1 saturated carbocycles. The third-order valence-corrected chi connectivity index (χ3v) is 4.79. The van der Waals surface area contributed by atoms with Crippen molar-refractivity contribution in [1.29, 1.82) is 0 Å². The molecular formula is C17H26ClNO2. The average molecular weight is 312 g/mol. The van der Waals surface area contributed by atoms with Crippen LogP contribution >= 0.6 is 11.6 Å². The van der Waals surface area contributed by atoms with Crippen LogP contribution < -0.4 is 14.8 Å². The van der Waals surface area contributed by atoms with E-state index in [0.717, 1.165) is 11.4 Å². The summed E-state index contributed by atoms with van der Waals surface area (Å²) in [5, 5.41) is 4.27.